The molecule has 4 saturated carbocycles. The number of esters is 1. The van der Waals surface area contributed by atoms with Crippen molar-refractivity contribution in [2.24, 2.45) is 46.3 Å². The Hall–Kier alpha value is -0.650. The fourth-order valence-corrected chi connectivity index (χ4v) is 8.83. The van der Waals surface area contributed by atoms with Crippen LogP contribution in [0.15, 0.2) is 0 Å². The van der Waals surface area contributed by atoms with Gasteiger partial charge in [-0.1, -0.05) is 20.8 Å². The van der Waals surface area contributed by atoms with Gasteiger partial charge in [0.05, 0.1) is 25.4 Å². The molecular formula is C25H42O5. The van der Waals surface area contributed by atoms with Crippen LogP contribution < -0.4 is 0 Å². The lowest BCUT2D eigenvalue weighted by molar-refractivity contribution is -0.185. The molecular weight excluding hydrogens is 380 g/mol. The summed E-state index contributed by atoms with van der Waals surface area (Å²) < 4.78 is 4.83. The quantitative estimate of drug-likeness (QED) is 0.603. The maximum absolute atomic E-state index is 11.7. The highest BCUT2D eigenvalue weighted by Crippen LogP contribution is 2.68. The van der Waals surface area contributed by atoms with Crippen LogP contribution >= 0.6 is 0 Å². The van der Waals surface area contributed by atoms with Gasteiger partial charge in [0, 0.05) is 6.42 Å². The minimum atomic E-state index is -0.387. The molecule has 0 spiro atoms. The minimum Gasteiger partial charge on any atom is -0.469 e. The molecule has 0 amide bonds. The summed E-state index contributed by atoms with van der Waals surface area (Å²) in [5, 5.41) is 32.8. The van der Waals surface area contributed by atoms with Crippen LogP contribution in [0.4, 0.5) is 0 Å². The molecule has 3 N–H and O–H groups in total. The van der Waals surface area contributed by atoms with Crippen LogP contribution in [0.1, 0.15) is 78.6 Å². The Morgan fingerprint density at radius 1 is 1.03 bits per heavy atom. The van der Waals surface area contributed by atoms with Crippen LogP contribution in [0.5, 0.6) is 0 Å². The lowest BCUT2D eigenvalue weighted by Gasteiger charge is -2.62. The summed E-state index contributed by atoms with van der Waals surface area (Å²) >= 11 is 0. The van der Waals surface area contributed by atoms with Gasteiger partial charge in [-0.15, -0.1) is 0 Å². The first-order valence-electron chi connectivity index (χ1n) is 12.2. The number of hydrogen-bond acceptors (Lipinski definition) is 5. The Morgan fingerprint density at radius 3 is 2.43 bits per heavy atom. The average Bonchev–Trinajstić information content (AvgIpc) is 2.98. The van der Waals surface area contributed by atoms with Crippen LogP contribution in [-0.2, 0) is 9.53 Å². The molecule has 5 heteroatoms. The van der Waals surface area contributed by atoms with Gasteiger partial charge in [-0.05, 0) is 97.7 Å². The van der Waals surface area contributed by atoms with Crippen molar-refractivity contribution in [3.05, 3.63) is 0 Å². The normalized spacial score (nSPS) is 51.4. The Kier molecular flexibility index (Phi) is 6.04. The Labute approximate surface area is 181 Å². The molecule has 11 atom stereocenters. The molecule has 5 nitrogen and oxygen atoms in total. The van der Waals surface area contributed by atoms with Gasteiger partial charge < -0.3 is 20.1 Å². The maximum atomic E-state index is 11.7. The number of aliphatic hydroxyl groups excluding tert-OH is 3. The number of aliphatic hydroxyl groups is 3. The number of ether oxygens (including phenoxy) is 1. The summed E-state index contributed by atoms with van der Waals surface area (Å²) in [6.07, 6.45) is 6.67. The van der Waals surface area contributed by atoms with Gasteiger partial charge in [0.2, 0.25) is 0 Å². The van der Waals surface area contributed by atoms with E-state index in [0.717, 1.165) is 51.4 Å². The third-order valence-corrected chi connectivity index (χ3v) is 10.4. The summed E-state index contributed by atoms with van der Waals surface area (Å²) in [6, 6.07) is 0. The molecule has 0 bridgehead atoms. The van der Waals surface area contributed by atoms with E-state index >= 15 is 0 Å². The molecule has 0 aromatic carbocycles. The molecule has 0 aromatic heterocycles. The van der Waals surface area contributed by atoms with E-state index in [9.17, 15) is 20.1 Å². The third-order valence-electron chi connectivity index (χ3n) is 10.4. The van der Waals surface area contributed by atoms with E-state index in [-0.39, 0.29) is 46.9 Å². The monoisotopic (exact) mass is 422 g/mol. The first-order chi connectivity index (χ1) is 14.1. The van der Waals surface area contributed by atoms with Crippen LogP contribution in [0.3, 0.4) is 0 Å². The number of fused-ring (bicyclic) bond motifs is 5. The van der Waals surface area contributed by atoms with Crippen LogP contribution in [0, 0.1) is 46.3 Å². The Bertz CT molecular complexity index is 651. The standard InChI is InChI=1S/C25H42O5/c1-14(5-6-21(29)30-4)18-13-20(28)23-22-17(8-10-25(18,23)3)24(2)9-7-16(26)11-15(24)12-19(22)27/h14-20,22-23,26-28H,5-13H2,1-4H3. The zero-order chi connectivity index (χ0) is 21.8. The molecule has 30 heavy (non-hydrogen) atoms. The van der Waals surface area contributed by atoms with Crippen LogP contribution in [0.25, 0.3) is 0 Å². The van der Waals surface area contributed by atoms with E-state index in [0.29, 0.717) is 30.1 Å². The van der Waals surface area contributed by atoms with Crippen molar-refractivity contribution in [1.82, 2.24) is 0 Å². The summed E-state index contributed by atoms with van der Waals surface area (Å²) in [6.45, 7) is 6.96. The summed E-state index contributed by atoms with van der Waals surface area (Å²) in [5.41, 5.74) is 0.174. The SMILES string of the molecule is COC(=O)CCC(C)C1CC(O)C2C3C(O)CC4CC(O)CCC4(C)C3CCC12C. The highest BCUT2D eigenvalue weighted by Gasteiger charge is 2.65. The maximum Gasteiger partial charge on any atom is 0.305 e. The predicted molar refractivity (Wildman–Crippen MR) is 114 cm³/mol. The molecule has 4 fully saturated rings. The summed E-state index contributed by atoms with van der Waals surface area (Å²) in [7, 11) is 1.44. The molecule has 0 aliphatic heterocycles. The number of carbonyl (C=O) groups is 1. The molecule has 4 aliphatic carbocycles. The van der Waals surface area contributed by atoms with Crippen molar-refractivity contribution in [3.63, 3.8) is 0 Å². The Balaban J connectivity index is 1.57. The largest absolute Gasteiger partial charge is 0.469 e. The highest BCUT2D eigenvalue weighted by atomic mass is 16.5. The van der Waals surface area contributed by atoms with Crippen molar-refractivity contribution < 1.29 is 24.9 Å². The fourth-order valence-electron chi connectivity index (χ4n) is 8.83. The second-order valence-electron chi connectivity index (χ2n) is 11.7. The third kappa shape index (κ3) is 3.44. The van der Waals surface area contributed by atoms with Crippen LogP contribution in [0.2, 0.25) is 0 Å². The van der Waals surface area contributed by atoms with E-state index in [1.165, 1.54) is 7.11 Å². The molecule has 172 valence electrons. The van der Waals surface area contributed by atoms with Crippen molar-refractivity contribution >= 4 is 5.97 Å². The molecule has 0 heterocycles. The smallest absolute Gasteiger partial charge is 0.305 e. The van der Waals surface area contributed by atoms with Gasteiger partial charge in [0.1, 0.15) is 0 Å². The molecule has 4 rings (SSSR count). The molecule has 0 saturated heterocycles. The van der Waals surface area contributed by atoms with Gasteiger partial charge in [-0.25, -0.2) is 0 Å². The van der Waals surface area contributed by atoms with E-state index in [1.54, 1.807) is 0 Å². The second kappa shape index (κ2) is 8.04. The van der Waals surface area contributed by atoms with Gasteiger partial charge >= 0.3 is 5.97 Å². The molecule has 11 unspecified atom stereocenters. The highest BCUT2D eigenvalue weighted by molar-refractivity contribution is 5.69. The lowest BCUT2D eigenvalue weighted by Crippen LogP contribution is -2.60. The van der Waals surface area contributed by atoms with Gasteiger partial charge in [0.25, 0.3) is 0 Å². The number of methoxy groups -OCH3 is 1. The van der Waals surface area contributed by atoms with Crippen molar-refractivity contribution in [2.75, 3.05) is 7.11 Å². The molecule has 0 radical (unpaired) electrons. The van der Waals surface area contributed by atoms with Crippen molar-refractivity contribution in [1.29, 1.82) is 0 Å². The Morgan fingerprint density at radius 2 is 1.73 bits per heavy atom. The van der Waals surface area contributed by atoms with Gasteiger partial charge in [-0.3, -0.25) is 4.79 Å². The van der Waals surface area contributed by atoms with Crippen LogP contribution in [-0.4, -0.2) is 46.7 Å². The number of rotatable bonds is 4. The predicted octanol–water partition coefficient (Wildman–Crippen LogP) is 3.54. The summed E-state index contributed by atoms with van der Waals surface area (Å²) in [4.78, 5) is 11.7. The number of carbonyl (C=O) groups excluding carboxylic acids is 1. The average molecular weight is 423 g/mol. The van der Waals surface area contributed by atoms with E-state index < -0.39 is 0 Å². The lowest BCUT2D eigenvalue weighted by atomic mass is 9.43. The summed E-state index contributed by atoms with van der Waals surface area (Å²) in [5.74, 6) is 1.64. The van der Waals surface area contributed by atoms with Crippen molar-refractivity contribution in [2.45, 2.75) is 96.9 Å². The second-order valence-corrected chi connectivity index (χ2v) is 11.7. The zero-order valence-corrected chi connectivity index (χ0v) is 19.2. The van der Waals surface area contributed by atoms with Crippen molar-refractivity contribution in [3.8, 4) is 0 Å². The fraction of sp³-hybridized carbons (Fsp3) is 0.960. The van der Waals surface area contributed by atoms with E-state index in [4.69, 9.17) is 4.74 Å². The van der Waals surface area contributed by atoms with E-state index in [1.807, 2.05) is 0 Å². The molecule has 0 aromatic rings. The molecule has 4 aliphatic rings. The van der Waals surface area contributed by atoms with Gasteiger partial charge in [-0.2, -0.15) is 0 Å². The number of hydrogen-bond donors (Lipinski definition) is 3. The topological polar surface area (TPSA) is 87.0 Å². The zero-order valence-electron chi connectivity index (χ0n) is 19.2. The van der Waals surface area contributed by atoms with E-state index in [2.05, 4.69) is 20.8 Å². The van der Waals surface area contributed by atoms with Gasteiger partial charge in [0.15, 0.2) is 0 Å². The minimum absolute atomic E-state index is 0.00841. The first-order valence-corrected chi connectivity index (χ1v) is 12.2. The first kappa shape index (κ1) is 22.5.